The van der Waals surface area contributed by atoms with Crippen molar-refractivity contribution in [2.24, 2.45) is 0 Å². The number of sulfonamides is 1. The van der Waals surface area contributed by atoms with Gasteiger partial charge in [-0.25, -0.2) is 18.4 Å². The van der Waals surface area contributed by atoms with Crippen molar-refractivity contribution in [1.82, 2.24) is 9.97 Å². The molecule has 0 unspecified atom stereocenters. The topological polar surface area (TPSA) is 72.0 Å². The Morgan fingerprint density at radius 3 is 2.50 bits per heavy atom. The maximum absolute atomic E-state index is 12.0. The second-order valence-electron chi connectivity index (χ2n) is 4.88. The number of rotatable bonds is 4. The Balaban J connectivity index is 1.75. The van der Waals surface area contributed by atoms with Crippen LogP contribution in [0.2, 0.25) is 0 Å². The summed E-state index contributed by atoms with van der Waals surface area (Å²) in [6.07, 6.45) is 7.79. The summed E-state index contributed by atoms with van der Waals surface area (Å²) < 4.78 is 26.6. The predicted molar refractivity (Wildman–Crippen MR) is 78.4 cm³/mol. The lowest BCUT2D eigenvalue weighted by Crippen LogP contribution is -2.13. The molecule has 20 heavy (non-hydrogen) atoms. The Hall–Kier alpha value is -1.47. The molecule has 2 aromatic rings. The first-order valence-corrected chi connectivity index (χ1v) is 8.95. The molecule has 0 saturated heterocycles. The predicted octanol–water partition coefficient (Wildman–Crippen LogP) is 3.00. The highest BCUT2D eigenvalue weighted by Crippen LogP contribution is 2.32. The minimum atomic E-state index is -3.52. The third kappa shape index (κ3) is 2.83. The molecule has 0 amide bonds. The van der Waals surface area contributed by atoms with Gasteiger partial charge in [0.2, 0.25) is 0 Å². The monoisotopic (exact) mass is 309 g/mol. The molecular formula is C13H15N3O2S2. The zero-order valence-electron chi connectivity index (χ0n) is 10.8. The van der Waals surface area contributed by atoms with Crippen LogP contribution in [0.4, 0.5) is 5.69 Å². The second kappa shape index (κ2) is 5.49. The van der Waals surface area contributed by atoms with Gasteiger partial charge < -0.3 is 0 Å². The molecule has 0 atom stereocenters. The zero-order chi connectivity index (χ0) is 14.0. The molecule has 5 nitrogen and oxygen atoms in total. The number of anilines is 1. The van der Waals surface area contributed by atoms with Gasteiger partial charge in [-0.2, -0.15) is 11.3 Å². The van der Waals surface area contributed by atoms with Crippen LogP contribution in [-0.2, 0) is 10.0 Å². The van der Waals surface area contributed by atoms with E-state index >= 15 is 0 Å². The molecular weight excluding hydrogens is 294 g/mol. The average molecular weight is 309 g/mol. The number of nitrogens with zero attached hydrogens (tertiary/aromatic N) is 2. The molecule has 1 fully saturated rings. The lowest BCUT2D eigenvalue weighted by molar-refractivity contribution is 0.601. The molecule has 1 saturated carbocycles. The minimum absolute atomic E-state index is 0.266. The van der Waals surface area contributed by atoms with Crippen LogP contribution in [-0.4, -0.2) is 18.4 Å². The smallest absolute Gasteiger partial charge is 0.262 e. The summed E-state index contributed by atoms with van der Waals surface area (Å²) in [6.45, 7) is 0. The molecule has 1 N–H and O–H groups in total. The summed E-state index contributed by atoms with van der Waals surface area (Å²) >= 11 is 1.35. The Morgan fingerprint density at radius 1 is 1.20 bits per heavy atom. The van der Waals surface area contributed by atoms with Crippen LogP contribution in [0.3, 0.4) is 0 Å². The van der Waals surface area contributed by atoms with Gasteiger partial charge in [0.15, 0.2) is 0 Å². The first-order chi connectivity index (χ1) is 9.65. The molecule has 2 aromatic heterocycles. The van der Waals surface area contributed by atoms with Gasteiger partial charge in [0.1, 0.15) is 5.82 Å². The normalized spacial score (nSPS) is 16.4. The Bertz CT molecular complexity index is 660. The third-order valence-corrected chi connectivity index (χ3v) is 5.66. The lowest BCUT2D eigenvalue weighted by atomic mass is 10.1. The maximum atomic E-state index is 12.0. The standard InChI is InChI=1S/C13H15N3O2S2/c17-20(18,12-5-6-19-9-12)16-11-7-14-13(15-8-11)10-3-1-2-4-10/h5-10,16H,1-4H2. The maximum Gasteiger partial charge on any atom is 0.262 e. The van der Waals surface area contributed by atoms with Crippen LogP contribution in [0.1, 0.15) is 37.4 Å². The second-order valence-corrected chi connectivity index (χ2v) is 7.34. The first kappa shape index (κ1) is 13.5. The quantitative estimate of drug-likeness (QED) is 0.942. The van der Waals surface area contributed by atoms with Crippen molar-refractivity contribution < 1.29 is 8.42 Å². The highest BCUT2D eigenvalue weighted by atomic mass is 32.2. The summed E-state index contributed by atoms with van der Waals surface area (Å²) in [5.74, 6) is 1.25. The molecule has 3 rings (SSSR count). The van der Waals surface area contributed by atoms with Crippen molar-refractivity contribution in [2.75, 3.05) is 4.72 Å². The van der Waals surface area contributed by atoms with Crippen molar-refractivity contribution in [2.45, 2.75) is 36.5 Å². The van der Waals surface area contributed by atoms with E-state index in [0.717, 1.165) is 18.7 Å². The molecule has 0 bridgehead atoms. The molecule has 2 heterocycles. The van der Waals surface area contributed by atoms with Gasteiger partial charge in [0.25, 0.3) is 10.0 Å². The summed E-state index contributed by atoms with van der Waals surface area (Å²) in [6, 6.07) is 1.57. The summed E-state index contributed by atoms with van der Waals surface area (Å²) in [5.41, 5.74) is 0.401. The van der Waals surface area contributed by atoms with E-state index in [1.165, 1.54) is 24.2 Å². The summed E-state index contributed by atoms with van der Waals surface area (Å²) in [7, 11) is -3.52. The van der Waals surface area contributed by atoms with E-state index in [1.807, 2.05) is 0 Å². The van der Waals surface area contributed by atoms with Crippen molar-refractivity contribution in [3.05, 3.63) is 35.0 Å². The summed E-state index contributed by atoms with van der Waals surface area (Å²) in [4.78, 5) is 8.85. The number of nitrogens with one attached hydrogen (secondary N) is 1. The van der Waals surface area contributed by atoms with E-state index in [0.29, 0.717) is 11.6 Å². The van der Waals surface area contributed by atoms with Gasteiger partial charge in [-0.3, -0.25) is 4.72 Å². The SMILES string of the molecule is O=S(=O)(Nc1cnc(C2CCCC2)nc1)c1ccsc1. The van der Waals surface area contributed by atoms with Crippen molar-refractivity contribution in [3.63, 3.8) is 0 Å². The van der Waals surface area contributed by atoms with E-state index in [2.05, 4.69) is 14.7 Å². The first-order valence-electron chi connectivity index (χ1n) is 6.52. The molecule has 0 aliphatic heterocycles. The minimum Gasteiger partial charge on any atom is -0.276 e. The lowest BCUT2D eigenvalue weighted by Gasteiger charge is -2.09. The molecule has 0 spiro atoms. The third-order valence-electron chi connectivity index (χ3n) is 3.45. The fraction of sp³-hybridized carbons (Fsp3) is 0.385. The highest BCUT2D eigenvalue weighted by molar-refractivity contribution is 7.92. The number of hydrogen-bond donors (Lipinski definition) is 1. The van der Waals surface area contributed by atoms with Gasteiger partial charge in [-0.1, -0.05) is 12.8 Å². The van der Waals surface area contributed by atoms with E-state index in [-0.39, 0.29) is 4.90 Å². The Morgan fingerprint density at radius 2 is 1.90 bits per heavy atom. The van der Waals surface area contributed by atoms with Gasteiger partial charge >= 0.3 is 0 Å². The molecule has 7 heteroatoms. The van der Waals surface area contributed by atoms with Crippen LogP contribution in [0.5, 0.6) is 0 Å². The molecule has 1 aliphatic rings. The highest BCUT2D eigenvalue weighted by Gasteiger charge is 2.20. The van der Waals surface area contributed by atoms with Gasteiger partial charge in [-0.05, 0) is 24.3 Å². The van der Waals surface area contributed by atoms with Crippen LogP contribution in [0.15, 0.2) is 34.1 Å². The molecule has 0 radical (unpaired) electrons. The van der Waals surface area contributed by atoms with E-state index in [9.17, 15) is 8.42 Å². The van der Waals surface area contributed by atoms with Gasteiger partial charge in [0.05, 0.1) is 23.0 Å². The fourth-order valence-corrected chi connectivity index (χ4v) is 4.46. The Labute approximate surface area is 122 Å². The number of hydrogen-bond acceptors (Lipinski definition) is 5. The van der Waals surface area contributed by atoms with E-state index in [1.54, 1.807) is 29.2 Å². The Kier molecular flexibility index (Phi) is 3.71. The number of aromatic nitrogens is 2. The fourth-order valence-electron chi connectivity index (χ4n) is 2.40. The van der Waals surface area contributed by atoms with Crippen LogP contribution < -0.4 is 4.72 Å². The van der Waals surface area contributed by atoms with Gasteiger partial charge in [0, 0.05) is 11.3 Å². The average Bonchev–Trinajstić information content (AvgIpc) is 3.13. The molecule has 1 aliphatic carbocycles. The zero-order valence-corrected chi connectivity index (χ0v) is 12.5. The summed E-state index contributed by atoms with van der Waals surface area (Å²) in [5, 5.41) is 3.32. The van der Waals surface area contributed by atoms with Crippen molar-refractivity contribution in [1.29, 1.82) is 0 Å². The van der Waals surface area contributed by atoms with Crippen LogP contribution >= 0.6 is 11.3 Å². The molecule has 106 valence electrons. The van der Waals surface area contributed by atoms with Gasteiger partial charge in [-0.15, -0.1) is 0 Å². The van der Waals surface area contributed by atoms with E-state index in [4.69, 9.17) is 0 Å². The largest absolute Gasteiger partial charge is 0.276 e. The van der Waals surface area contributed by atoms with Crippen LogP contribution in [0.25, 0.3) is 0 Å². The van der Waals surface area contributed by atoms with Crippen molar-refractivity contribution >= 4 is 27.0 Å². The van der Waals surface area contributed by atoms with Crippen molar-refractivity contribution in [3.8, 4) is 0 Å². The van der Waals surface area contributed by atoms with Crippen LogP contribution in [0, 0.1) is 0 Å². The molecule has 0 aromatic carbocycles. The number of thiophene rings is 1. The van der Waals surface area contributed by atoms with E-state index < -0.39 is 10.0 Å².